The number of aromatic amines is 1. The Bertz CT molecular complexity index is 1320. The Morgan fingerprint density at radius 1 is 1.06 bits per heavy atom. The molecule has 0 radical (unpaired) electrons. The number of halogens is 5. The summed E-state index contributed by atoms with van der Waals surface area (Å²) in [6, 6.07) is 3.00. The first kappa shape index (κ1) is 24.6. The van der Waals surface area contributed by atoms with Gasteiger partial charge in [-0.25, -0.2) is 4.98 Å². The van der Waals surface area contributed by atoms with Crippen molar-refractivity contribution in [3.05, 3.63) is 41.6 Å². The minimum Gasteiger partial charge on any atom is -0.398 e. The monoisotopic (exact) mass is 532 g/mol. The maximum atomic E-state index is 13.1. The number of carbonyl (C=O) groups excluding carboxylic acids is 1. The number of nitrogens with two attached hydrogens (primary N) is 1. The Balaban J connectivity index is 1.31. The van der Waals surface area contributed by atoms with Crippen molar-refractivity contribution < 1.29 is 29.0 Å². The van der Waals surface area contributed by atoms with E-state index in [0.717, 1.165) is 36.2 Å². The van der Waals surface area contributed by atoms with Gasteiger partial charge >= 0.3 is 10.2 Å². The van der Waals surface area contributed by atoms with Gasteiger partial charge in [-0.05, 0) is 48.6 Å². The van der Waals surface area contributed by atoms with Gasteiger partial charge in [-0.3, -0.25) is 4.79 Å². The molecule has 1 amide bonds. The summed E-state index contributed by atoms with van der Waals surface area (Å²) < 4.78 is 70.7. The third-order valence-corrected chi connectivity index (χ3v) is 7.79. The average Bonchev–Trinajstić information content (AvgIpc) is 3.27. The molecule has 14 heteroatoms. The molecule has 0 spiro atoms. The molecule has 0 aliphatic carbocycles. The molecule has 0 bridgehead atoms. The molecule has 1 aromatic carbocycles. The second-order valence-electron chi connectivity index (χ2n) is 9.04. The number of likely N-dealkylation sites (tertiary alicyclic amines) is 1. The number of rotatable bonds is 4. The fraction of sp³-hybridized carbons (Fsp3) is 0.409. The van der Waals surface area contributed by atoms with Crippen LogP contribution in [0.5, 0.6) is 0 Å². The lowest BCUT2D eigenvalue weighted by Crippen LogP contribution is -2.38. The number of H-pyrrole nitrogens is 1. The largest absolute Gasteiger partial charge is 0.398 e. The molecule has 196 valence electrons. The number of pyridine rings is 1. The van der Waals surface area contributed by atoms with Crippen LogP contribution in [0.15, 0.2) is 35.4 Å². The van der Waals surface area contributed by atoms with E-state index in [1.165, 1.54) is 4.90 Å². The molecule has 2 saturated heterocycles. The first-order chi connectivity index (χ1) is 16.8. The van der Waals surface area contributed by atoms with Crippen LogP contribution >= 0.6 is 10.2 Å². The Labute approximate surface area is 203 Å². The highest BCUT2D eigenvalue weighted by Gasteiger charge is 2.65. The number of anilines is 2. The average molecular weight is 533 g/mol. The van der Waals surface area contributed by atoms with E-state index in [2.05, 4.69) is 19.9 Å². The molecule has 8 nitrogen and oxygen atoms in total. The number of carbonyl (C=O) groups is 1. The van der Waals surface area contributed by atoms with Gasteiger partial charge in [-0.1, -0.05) is 19.4 Å². The summed E-state index contributed by atoms with van der Waals surface area (Å²) in [6.07, 6.45) is 2.89. The molecule has 5 rings (SSSR count). The Morgan fingerprint density at radius 3 is 2.39 bits per heavy atom. The Hall–Kier alpha value is -3.13. The van der Waals surface area contributed by atoms with Crippen molar-refractivity contribution >= 4 is 38.9 Å². The van der Waals surface area contributed by atoms with Gasteiger partial charge in [0.2, 0.25) is 5.95 Å². The minimum absolute atomic E-state index is 0.102. The first-order valence-corrected chi connectivity index (χ1v) is 13.4. The number of nitrogen functional groups attached to an aromatic ring is 1. The van der Waals surface area contributed by atoms with Gasteiger partial charge in [0.25, 0.3) is 5.91 Å². The number of imidazole rings is 1. The lowest BCUT2D eigenvalue weighted by atomic mass is 9.89. The summed E-state index contributed by atoms with van der Waals surface area (Å²) in [6.45, 7) is 3.36. The number of hydrogen-bond acceptors (Lipinski definition) is 6. The van der Waals surface area contributed by atoms with Crippen molar-refractivity contribution in [1.82, 2.24) is 19.9 Å². The summed E-state index contributed by atoms with van der Waals surface area (Å²) in [5.41, 5.74) is 7.20. The number of morpholine rings is 1. The second kappa shape index (κ2) is 7.93. The summed E-state index contributed by atoms with van der Waals surface area (Å²) in [7, 11) is -9.88. The number of fused-ring (bicyclic) bond motifs is 1. The number of nitrogens with zero attached hydrogens (tertiary/aromatic N) is 4. The standard InChI is InChI=1S/C22H25F5N6O2S/c23-36(24,25,26,27)15-1-2-17(18(28)13-15)21(34)32-7-4-14(5-8-32)16-3-6-29-20-19(16)30-22(31-20)33-9-11-35-12-10-33/h1-3,6,13-14H,4-5,7-12,28H2,(H,29,30,31). The van der Waals surface area contributed by atoms with Gasteiger partial charge in [0, 0.05) is 38.1 Å². The van der Waals surface area contributed by atoms with Crippen molar-refractivity contribution in [2.24, 2.45) is 0 Å². The van der Waals surface area contributed by atoms with Gasteiger partial charge < -0.3 is 25.3 Å². The topological polar surface area (TPSA) is 100 Å². The lowest BCUT2D eigenvalue weighted by Gasteiger charge is -2.40. The normalized spacial score (nSPS) is 19.8. The summed E-state index contributed by atoms with van der Waals surface area (Å²) in [5.74, 6) is 0.243. The summed E-state index contributed by atoms with van der Waals surface area (Å²) >= 11 is 0. The number of hydrogen-bond donors (Lipinski definition) is 2. The Kier molecular flexibility index (Phi) is 5.41. The zero-order valence-corrected chi connectivity index (χ0v) is 19.9. The van der Waals surface area contributed by atoms with Crippen LogP contribution < -0.4 is 10.6 Å². The van der Waals surface area contributed by atoms with Crippen LogP contribution in [-0.4, -0.2) is 65.2 Å². The van der Waals surface area contributed by atoms with Crippen LogP contribution in [0, 0.1) is 0 Å². The predicted octanol–water partition coefficient (Wildman–Crippen LogP) is 5.05. The third kappa shape index (κ3) is 4.78. The van der Waals surface area contributed by atoms with Crippen molar-refractivity contribution in [2.75, 3.05) is 50.0 Å². The Morgan fingerprint density at radius 2 is 1.75 bits per heavy atom. The molecule has 0 saturated carbocycles. The fourth-order valence-corrected chi connectivity index (χ4v) is 5.40. The summed E-state index contributed by atoms with van der Waals surface area (Å²) in [5, 5.41) is 0. The maximum Gasteiger partial charge on any atom is 0.310 e. The molecular formula is C22H25F5N6O2S. The lowest BCUT2D eigenvalue weighted by molar-refractivity contribution is 0.0714. The van der Waals surface area contributed by atoms with E-state index in [1.807, 2.05) is 6.07 Å². The molecule has 0 unspecified atom stereocenters. The van der Waals surface area contributed by atoms with E-state index in [1.54, 1.807) is 6.20 Å². The van der Waals surface area contributed by atoms with Crippen molar-refractivity contribution in [2.45, 2.75) is 23.7 Å². The van der Waals surface area contributed by atoms with Crippen LogP contribution in [0.25, 0.3) is 11.2 Å². The highest BCUT2D eigenvalue weighted by Crippen LogP contribution is 3.02. The van der Waals surface area contributed by atoms with E-state index in [9.17, 15) is 24.2 Å². The van der Waals surface area contributed by atoms with Gasteiger partial charge in [-0.2, -0.15) is 4.98 Å². The minimum atomic E-state index is -9.88. The van der Waals surface area contributed by atoms with E-state index in [0.29, 0.717) is 44.8 Å². The number of benzene rings is 1. The number of nitrogens with one attached hydrogen (secondary N) is 1. The zero-order chi connectivity index (χ0) is 25.8. The molecule has 4 heterocycles. The number of piperidine rings is 1. The molecular weight excluding hydrogens is 507 g/mol. The van der Waals surface area contributed by atoms with Gasteiger partial charge in [0.05, 0.1) is 24.3 Å². The van der Waals surface area contributed by atoms with Crippen LogP contribution in [0.1, 0.15) is 34.7 Å². The fourth-order valence-electron chi connectivity index (χ4n) is 4.72. The number of ether oxygens (including phenoxy) is 1. The van der Waals surface area contributed by atoms with E-state index < -0.39 is 26.7 Å². The molecule has 2 aromatic heterocycles. The quantitative estimate of drug-likeness (QED) is 0.360. The van der Waals surface area contributed by atoms with E-state index in [-0.39, 0.29) is 23.6 Å². The van der Waals surface area contributed by atoms with Crippen molar-refractivity contribution in [3.8, 4) is 0 Å². The summed E-state index contributed by atoms with van der Waals surface area (Å²) in [4.78, 5) is 26.7. The molecule has 3 N–H and O–H groups in total. The first-order valence-electron chi connectivity index (χ1n) is 11.4. The molecule has 2 aliphatic rings. The predicted molar refractivity (Wildman–Crippen MR) is 127 cm³/mol. The van der Waals surface area contributed by atoms with Crippen LogP contribution in [0.4, 0.5) is 31.1 Å². The molecule has 36 heavy (non-hydrogen) atoms. The van der Waals surface area contributed by atoms with Gasteiger partial charge in [-0.15, -0.1) is 0 Å². The molecule has 3 aromatic rings. The maximum absolute atomic E-state index is 13.1. The van der Waals surface area contributed by atoms with Gasteiger partial charge in [0.1, 0.15) is 4.90 Å². The third-order valence-electron chi connectivity index (χ3n) is 6.64. The number of amides is 1. The number of aromatic nitrogens is 3. The molecule has 0 atom stereocenters. The van der Waals surface area contributed by atoms with Crippen LogP contribution in [0.2, 0.25) is 0 Å². The van der Waals surface area contributed by atoms with Crippen molar-refractivity contribution in [3.63, 3.8) is 0 Å². The smallest absolute Gasteiger partial charge is 0.310 e. The SMILES string of the molecule is Nc1cc(S(F)(F)(F)(F)F)ccc1C(=O)N1CCC(c2ccnc3nc(N4CCOCC4)[nH]c23)CC1. The molecule has 2 aliphatic heterocycles. The zero-order valence-electron chi connectivity index (χ0n) is 19.1. The van der Waals surface area contributed by atoms with Crippen LogP contribution in [-0.2, 0) is 4.74 Å². The second-order valence-corrected chi connectivity index (χ2v) is 11.5. The van der Waals surface area contributed by atoms with E-state index in [4.69, 9.17) is 10.5 Å². The highest BCUT2D eigenvalue weighted by atomic mass is 32.5. The van der Waals surface area contributed by atoms with Crippen LogP contribution in [0.3, 0.4) is 0 Å². The van der Waals surface area contributed by atoms with E-state index >= 15 is 0 Å². The van der Waals surface area contributed by atoms with Gasteiger partial charge in [0.15, 0.2) is 5.65 Å². The highest BCUT2D eigenvalue weighted by molar-refractivity contribution is 8.45. The van der Waals surface area contributed by atoms with Crippen molar-refractivity contribution in [1.29, 1.82) is 0 Å². The molecule has 2 fully saturated rings.